The fourth-order valence-corrected chi connectivity index (χ4v) is 2.90. The Hall–Kier alpha value is -5.00. The van der Waals surface area contributed by atoms with Crippen LogP contribution in [0.5, 0.6) is 23.0 Å². The van der Waals surface area contributed by atoms with Gasteiger partial charge in [-0.1, -0.05) is 0 Å². The molecular formula is C23H20N4O8. The van der Waals surface area contributed by atoms with E-state index in [4.69, 9.17) is 14.2 Å². The van der Waals surface area contributed by atoms with Crippen LogP contribution >= 0.6 is 0 Å². The highest BCUT2D eigenvalue weighted by molar-refractivity contribution is 5.95. The number of carbonyl (C=O) groups is 1. The number of rotatable bonds is 10. The van der Waals surface area contributed by atoms with E-state index in [1.165, 1.54) is 19.4 Å². The maximum Gasteiger partial charge on any atom is 0.318 e. The van der Waals surface area contributed by atoms with E-state index < -0.39 is 27.1 Å². The molecule has 3 rings (SSSR count). The molecule has 12 heteroatoms. The minimum Gasteiger partial charge on any atom is -0.497 e. The molecule has 0 atom stereocenters. The molecule has 0 fully saturated rings. The predicted molar refractivity (Wildman–Crippen MR) is 125 cm³/mol. The van der Waals surface area contributed by atoms with Crippen molar-refractivity contribution in [1.82, 2.24) is 5.43 Å². The second-order valence-electron chi connectivity index (χ2n) is 6.84. The van der Waals surface area contributed by atoms with Crippen molar-refractivity contribution < 1.29 is 28.9 Å². The number of nitro benzene ring substituents is 2. The van der Waals surface area contributed by atoms with E-state index in [-0.39, 0.29) is 23.9 Å². The first-order valence-corrected chi connectivity index (χ1v) is 10.2. The number of benzene rings is 3. The van der Waals surface area contributed by atoms with Gasteiger partial charge in [0, 0.05) is 11.6 Å². The van der Waals surface area contributed by atoms with Crippen LogP contribution in [0, 0.1) is 20.2 Å². The Balaban J connectivity index is 1.78. The van der Waals surface area contributed by atoms with Gasteiger partial charge in [0.25, 0.3) is 11.6 Å². The van der Waals surface area contributed by atoms with Gasteiger partial charge in [0.05, 0.1) is 35.8 Å². The lowest BCUT2D eigenvalue weighted by atomic mass is 10.2. The van der Waals surface area contributed by atoms with Crippen LogP contribution in [0.1, 0.15) is 22.8 Å². The van der Waals surface area contributed by atoms with Gasteiger partial charge < -0.3 is 14.2 Å². The number of nitrogens with one attached hydrogen (secondary N) is 1. The average Bonchev–Trinajstić information content (AvgIpc) is 2.85. The summed E-state index contributed by atoms with van der Waals surface area (Å²) in [7, 11) is 1.53. The van der Waals surface area contributed by atoms with Crippen molar-refractivity contribution in [2.24, 2.45) is 5.10 Å². The van der Waals surface area contributed by atoms with Gasteiger partial charge in [-0.15, -0.1) is 0 Å². The standard InChI is InChI=1S/C23H20N4O8/c1-3-34-22-12-15(14-24-25-23(28)16-5-8-18(33-2)9-6-16)4-10-21(22)35-20-11-7-17(26(29)30)13-19(20)27(31)32/h4-14H,3H2,1-2H3,(H,25,28)/b24-14+. The lowest BCUT2D eigenvalue weighted by molar-refractivity contribution is -0.394. The van der Waals surface area contributed by atoms with E-state index >= 15 is 0 Å². The number of nitro groups is 2. The fourth-order valence-electron chi connectivity index (χ4n) is 2.90. The molecule has 0 radical (unpaired) electrons. The molecule has 0 saturated heterocycles. The number of nitrogens with zero attached hydrogens (tertiary/aromatic N) is 3. The largest absolute Gasteiger partial charge is 0.497 e. The summed E-state index contributed by atoms with van der Waals surface area (Å²) in [6.07, 6.45) is 1.39. The van der Waals surface area contributed by atoms with Crippen molar-refractivity contribution in [3.63, 3.8) is 0 Å². The number of methoxy groups -OCH3 is 1. The SMILES string of the molecule is CCOc1cc(/C=N/NC(=O)c2ccc(OC)cc2)ccc1Oc1ccc([N+](=O)[O-])cc1[N+](=O)[O-]. The third-order valence-corrected chi connectivity index (χ3v) is 4.57. The van der Waals surface area contributed by atoms with E-state index in [0.29, 0.717) is 16.9 Å². The van der Waals surface area contributed by atoms with Crippen LogP contribution in [0.2, 0.25) is 0 Å². The third-order valence-electron chi connectivity index (χ3n) is 4.57. The Labute approximate surface area is 199 Å². The Kier molecular flexibility index (Phi) is 7.90. The van der Waals surface area contributed by atoms with E-state index in [1.807, 2.05) is 0 Å². The minimum atomic E-state index is -0.769. The zero-order valence-corrected chi connectivity index (χ0v) is 18.7. The average molecular weight is 480 g/mol. The van der Waals surface area contributed by atoms with Crippen molar-refractivity contribution in [3.8, 4) is 23.0 Å². The van der Waals surface area contributed by atoms with Crippen molar-refractivity contribution in [1.29, 1.82) is 0 Å². The molecule has 0 aromatic heterocycles. The molecule has 0 aliphatic rings. The van der Waals surface area contributed by atoms with Crippen LogP contribution in [0.3, 0.4) is 0 Å². The van der Waals surface area contributed by atoms with Gasteiger partial charge in [-0.3, -0.25) is 25.0 Å². The van der Waals surface area contributed by atoms with Gasteiger partial charge in [0.15, 0.2) is 11.5 Å². The molecule has 0 aliphatic heterocycles. The summed E-state index contributed by atoms with van der Waals surface area (Å²) in [5.41, 5.74) is 2.36. The zero-order chi connectivity index (χ0) is 25.4. The lowest BCUT2D eigenvalue weighted by Gasteiger charge is -2.12. The molecule has 0 unspecified atom stereocenters. The smallest absolute Gasteiger partial charge is 0.318 e. The second-order valence-corrected chi connectivity index (χ2v) is 6.84. The normalized spacial score (nSPS) is 10.6. The molecule has 0 heterocycles. The first kappa shape index (κ1) is 24.6. The molecule has 0 aliphatic carbocycles. The Morgan fingerprint density at radius 1 is 0.971 bits per heavy atom. The van der Waals surface area contributed by atoms with Crippen LogP contribution < -0.4 is 19.6 Å². The van der Waals surface area contributed by atoms with Gasteiger partial charge >= 0.3 is 5.69 Å². The van der Waals surface area contributed by atoms with Crippen molar-refractivity contribution >= 4 is 23.5 Å². The third kappa shape index (κ3) is 6.28. The van der Waals surface area contributed by atoms with Crippen molar-refractivity contribution in [2.45, 2.75) is 6.92 Å². The Morgan fingerprint density at radius 3 is 2.31 bits per heavy atom. The zero-order valence-electron chi connectivity index (χ0n) is 18.7. The van der Waals surface area contributed by atoms with Gasteiger partial charge in [-0.25, -0.2) is 5.43 Å². The van der Waals surface area contributed by atoms with E-state index in [0.717, 1.165) is 18.2 Å². The lowest BCUT2D eigenvalue weighted by Crippen LogP contribution is -2.17. The molecule has 0 spiro atoms. The molecule has 0 bridgehead atoms. The molecule has 3 aromatic rings. The maximum atomic E-state index is 12.2. The van der Waals surface area contributed by atoms with Gasteiger partial charge in [-0.05, 0) is 61.0 Å². The second kappa shape index (κ2) is 11.2. The highest BCUT2D eigenvalue weighted by Gasteiger charge is 2.22. The van der Waals surface area contributed by atoms with Crippen molar-refractivity contribution in [3.05, 3.63) is 92.0 Å². The molecule has 3 aromatic carbocycles. The number of ether oxygens (including phenoxy) is 3. The number of non-ortho nitro benzene ring substituents is 1. The number of hydrazone groups is 1. The van der Waals surface area contributed by atoms with Crippen LogP contribution in [0.15, 0.2) is 65.8 Å². The summed E-state index contributed by atoms with van der Waals surface area (Å²) in [5.74, 6) is 0.428. The van der Waals surface area contributed by atoms with Gasteiger partial charge in [-0.2, -0.15) is 5.10 Å². The Bertz CT molecular complexity index is 1280. The van der Waals surface area contributed by atoms with Gasteiger partial charge in [0.2, 0.25) is 5.75 Å². The monoisotopic (exact) mass is 480 g/mol. The molecule has 12 nitrogen and oxygen atoms in total. The molecule has 35 heavy (non-hydrogen) atoms. The number of hydrogen-bond donors (Lipinski definition) is 1. The highest BCUT2D eigenvalue weighted by atomic mass is 16.6. The quantitative estimate of drug-likeness (QED) is 0.253. The molecule has 180 valence electrons. The maximum absolute atomic E-state index is 12.2. The summed E-state index contributed by atoms with van der Waals surface area (Å²) >= 11 is 0. The number of amides is 1. The van der Waals surface area contributed by atoms with E-state index in [2.05, 4.69) is 10.5 Å². The summed E-state index contributed by atoms with van der Waals surface area (Å²) < 4.78 is 16.3. The minimum absolute atomic E-state index is 0.156. The molecule has 0 saturated carbocycles. The number of carbonyl (C=O) groups excluding carboxylic acids is 1. The van der Waals surface area contributed by atoms with Crippen LogP contribution in [0.25, 0.3) is 0 Å². The van der Waals surface area contributed by atoms with Crippen LogP contribution in [-0.4, -0.2) is 35.7 Å². The van der Waals surface area contributed by atoms with Crippen molar-refractivity contribution in [2.75, 3.05) is 13.7 Å². The summed E-state index contributed by atoms with van der Waals surface area (Å²) in [5, 5.41) is 26.2. The first-order chi connectivity index (χ1) is 16.8. The number of hydrogen-bond acceptors (Lipinski definition) is 9. The summed E-state index contributed by atoms with van der Waals surface area (Å²) in [6, 6.07) is 14.2. The fraction of sp³-hybridized carbons (Fsp3) is 0.130. The summed E-state index contributed by atoms with van der Waals surface area (Å²) in [6.45, 7) is 2.02. The highest BCUT2D eigenvalue weighted by Crippen LogP contribution is 2.38. The predicted octanol–water partition coefficient (Wildman–Crippen LogP) is 4.47. The van der Waals surface area contributed by atoms with Crippen LogP contribution in [0.4, 0.5) is 11.4 Å². The molecule has 1 N–H and O–H groups in total. The van der Waals surface area contributed by atoms with Gasteiger partial charge in [0.1, 0.15) is 5.75 Å². The van der Waals surface area contributed by atoms with E-state index in [1.54, 1.807) is 43.3 Å². The molecular weight excluding hydrogens is 460 g/mol. The topological polar surface area (TPSA) is 155 Å². The summed E-state index contributed by atoms with van der Waals surface area (Å²) in [4.78, 5) is 33.0. The van der Waals surface area contributed by atoms with E-state index in [9.17, 15) is 25.0 Å². The first-order valence-electron chi connectivity index (χ1n) is 10.2. The molecule has 1 amide bonds. The van der Waals surface area contributed by atoms with Crippen LogP contribution in [-0.2, 0) is 0 Å². The Morgan fingerprint density at radius 2 is 1.69 bits per heavy atom.